The van der Waals surface area contributed by atoms with E-state index in [2.05, 4.69) is 25.8 Å². The molecule has 0 spiro atoms. The summed E-state index contributed by atoms with van der Waals surface area (Å²) >= 11 is 1.82. The molecule has 0 radical (unpaired) electrons. The first-order valence-corrected chi connectivity index (χ1v) is 10.6. The third-order valence-corrected chi connectivity index (χ3v) is 6.74. The maximum Gasteiger partial charge on any atom is 0.183 e. The Balaban J connectivity index is 1.61. The molecule has 3 aromatic rings. The highest BCUT2D eigenvalue weighted by atomic mass is 32.1. The molecule has 1 aliphatic heterocycles. The molecule has 3 aromatic heterocycles. The van der Waals surface area contributed by atoms with E-state index in [9.17, 15) is 0 Å². The summed E-state index contributed by atoms with van der Waals surface area (Å²) in [6.45, 7) is 4.00. The second-order valence-corrected chi connectivity index (χ2v) is 8.36. The summed E-state index contributed by atoms with van der Waals surface area (Å²) in [7, 11) is 0. The molecule has 7 nitrogen and oxygen atoms in total. The minimum atomic E-state index is 0.492. The van der Waals surface area contributed by atoms with Crippen LogP contribution in [-0.4, -0.2) is 57.6 Å². The summed E-state index contributed by atoms with van der Waals surface area (Å²) in [5, 5.41) is 10.2. The van der Waals surface area contributed by atoms with Crippen molar-refractivity contribution in [3.63, 3.8) is 0 Å². The summed E-state index contributed by atoms with van der Waals surface area (Å²) in [5.41, 5.74) is 2.16. The van der Waals surface area contributed by atoms with E-state index in [1.165, 1.54) is 28.7 Å². The Morgan fingerprint density at radius 2 is 1.93 bits per heavy atom. The molecular formula is C20H21N7S. The highest BCUT2D eigenvalue weighted by Crippen LogP contribution is 2.40. The van der Waals surface area contributed by atoms with Crippen LogP contribution in [0.2, 0.25) is 0 Å². The van der Waals surface area contributed by atoms with Gasteiger partial charge in [0.05, 0.1) is 24.2 Å². The highest BCUT2D eigenvalue weighted by Gasteiger charge is 2.26. The number of thiophene rings is 1. The van der Waals surface area contributed by atoms with Crippen molar-refractivity contribution < 1.29 is 0 Å². The number of hydrogen-bond donors (Lipinski definition) is 0. The summed E-state index contributed by atoms with van der Waals surface area (Å²) in [5.74, 6) is 1.68. The van der Waals surface area contributed by atoms with Crippen LogP contribution in [0.25, 0.3) is 21.7 Å². The van der Waals surface area contributed by atoms with Gasteiger partial charge in [-0.25, -0.2) is 15.0 Å². The zero-order valence-electron chi connectivity index (χ0n) is 15.6. The van der Waals surface area contributed by atoms with Crippen LogP contribution in [0.3, 0.4) is 0 Å². The monoisotopic (exact) mass is 391 g/mol. The van der Waals surface area contributed by atoms with E-state index in [1.54, 1.807) is 18.6 Å². The van der Waals surface area contributed by atoms with Gasteiger partial charge in [-0.05, 0) is 31.2 Å². The fourth-order valence-electron chi connectivity index (χ4n) is 4.11. The van der Waals surface area contributed by atoms with Gasteiger partial charge in [0.25, 0.3) is 0 Å². The summed E-state index contributed by atoms with van der Waals surface area (Å²) in [6.07, 6.45) is 9.83. The average Bonchev–Trinajstić information content (AvgIpc) is 3.13. The van der Waals surface area contributed by atoms with Crippen LogP contribution >= 0.6 is 11.3 Å². The topological polar surface area (TPSA) is 81.8 Å². The second-order valence-electron chi connectivity index (χ2n) is 7.27. The van der Waals surface area contributed by atoms with Crippen molar-refractivity contribution in [2.75, 3.05) is 37.6 Å². The van der Waals surface area contributed by atoms with Gasteiger partial charge in [-0.15, -0.1) is 11.3 Å². The molecule has 28 heavy (non-hydrogen) atoms. The van der Waals surface area contributed by atoms with Crippen molar-refractivity contribution in [3.05, 3.63) is 29.0 Å². The van der Waals surface area contributed by atoms with E-state index in [-0.39, 0.29) is 0 Å². The van der Waals surface area contributed by atoms with Crippen molar-refractivity contribution in [2.24, 2.45) is 0 Å². The van der Waals surface area contributed by atoms with Gasteiger partial charge in [-0.2, -0.15) is 5.26 Å². The Hall–Kier alpha value is -2.63. The minimum absolute atomic E-state index is 0.492. The number of nitrogens with zero attached hydrogens (tertiary/aromatic N) is 7. The lowest BCUT2D eigenvalue weighted by molar-refractivity contribution is 0.286. The molecule has 0 unspecified atom stereocenters. The number of aryl methyl sites for hydroxylation is 2. The smallest absolute Gasteiger partial charge is 0.183 e. The Morgan fingerprint density at radius 1 is 1.07 bits per heavy atom. The van der Waals surface area contributed by atoms with Crippen LogP contribution in [0.15, 0.2) is 18.6 Å². The van der Waals surface area contributed by atoms with E-state index in [0.717, 1.165) is 49.7 Å². The van der Waals surface area contributed by atoms with Gasteiger partial charge >= 0.3 is 0 Å². The molecule has 0 bridgehead atoms. The maximum atomic E-state index is 8.97. The van der Waals surface area contributed by atoms with Crippen molar-refractivity contribution in [1.82, 2.24) is 24.8 Å². The molecule has 0 saturated carbocycles. The van der Waals surface area contributed by atoms with Crippen molar-refractivity contribution in [3.8, 4) is 17.6 Å². The van der Waals surface area contributed by atoms with Gasteiger partial charge in [0, 0.05) is 43.4 Å². The zero-order chi connectivity index (χ0) is 18.9. The molecule has 5 rings (SSSR count). The van der Waals surface area contributed by atoms with E-state index < -0.39 is 0 Å². The number of anilines is 1. The van der Waals surface area contributed by atoms with Crippen LogP contribution in [0.4, 0.5) is 5.82 Å². The molecule has 2 aliphatic rings. The molecule has 0 amide bonds. The van der Waals surface area contributed by atoms with Gasteiger partial charge < -0.3 is 4.90 Å². The number of rotatable bonds is 3. The van der Waals surface area contributed by atoms with Gasteiger partial charge in [0.2, 0.25) is 0 Å². The van der Waals surface area contributed by atoms with Crippen molar-refractivity contribution in [1.29, 1.82) is 5.26 Å². The molecule has 1 saturated heterocycles. The normalized spacial score (nSPS) is 17.5. The fraction of sp³-hybridized carbons (Fsp3) is 0.450. The summed E-state index contributed by atoms with van der Waals surface area (Å²) < 4.78 is 0. The maximum absolute atomic E-state index is 8.97. The van der Waals surface area contributed by atoms with E-state index in [4.69, 9.17) is 15.2 Å². The zero-order valence-corrected chi connectivity index (χ0v) is 16.5. The van der Waals surface area contributed by atoms with Crippen molar-refractivity contribution >= 4 is 27.4 Å². The quantitative estimate of drug-likeness (QED) is 0.635. The largest absolute Gasteiger partial charge is 0.353 e. The van der Waals surface area contributed by atoms with Crippen LogP contribution < -0.4 is 4.90 Å². The minimum Gasteiger partial charge on any atom is -0.353 e. The van der Waals surface area contributed by atoms with E-state index in [0.29, 0.717) is 18.1 Å². The van der Waals surface area contributed by atoms with Crippen LogP contribution in [-0.2, 0) is 12.8 Å². The first-order valence-electron chi connectivity index (χ1n) is 9.76. The molecular weight excluding hydrogens is 370 g/mol. The van der Waals surface area contributed by atoms with Crippen LogP contribution in [0, 0.1) is 11.3 Å². The van der Waals surface area contributed by atoms with Gasteiger partial charge in [0.15, 0.2) is 5.82 Å². The van der Waals surface area contributed by atoms with Gasteiger partial charge in [0.1, 0.15) is 16.3 Å². The number of piperazine rings is 1. The van der Waals surface area contributed by atoms with Gasteiger partial charge in [-0.3, -0.25) is 9.88 Å². The molecule has 0 atom stereocenters. The highest BCUT2D eigenvalue weighted by molar-refractivity contribution is 7.19. The third kappa shape index (κ3) is 3.11. The lowest BCUT2D eigenvalue weighted by Gasteiger charge is -2.34. The Bertz CT molecular complexity index is 1030. The number of aromatic nitrogens is 4. The standard InChI is InChI=1S/C20H21N7S/c21-5-8-26-9-11-27(12-10-26)19-17-14-3-1-2-4-16(14)28-20(17)25-18(24-19)15-13-22-6-7-23-15/h6-7,13H,1-4,8-12H2. The lowest BCUT2D eigenvalue weighted by Crippen LogP contribution is -2.46. The molecule has 0 N–H and O–H groups in total. The molecule has 8 heteroatoms. The lowest BCUT2D eigenvalue weighted by atomic mass is 9.97. The molecule has 1 fully saturated rings. The predicted molar refractivity (Wildman–Crippen MR) is 109 cm³/mol. The van der Waals surface area contributed by atoms with Crippen LogP contribution in [0.1, 0.15) is 23.3 Å². The molecule has 0 aromatic carbocycles. The first-order chi connectivity index (χ1) is 13.8. The number of nitriles is 1. The first kappa shape index (κ1) is 17.5. The Labute approximate surface area is 167 Å². The molecule has 1 aliphatic carbocycles. The average molecular weight is 392 g/mol. The number of hydrogen-bond acceptors (Lipinski definition) is 8. The van der Waals surface area contributed by atoms with Crippen LogP contribution in [0.5, 0.6) is 0 Å². The van der Waals surface area contributed by atoms with E-state index >= 15 is 0 Å². The summed E-state index contributed by atoms with van der Waals surface area (Å²) in [4.78, 5) is 25.6. The van der Waals surface area contributed by atoms with Gasteiger partial charge in [-0.1, -0.05) is 0 Å². The SMILES string of the molecule is N#CCN1CCN(c2nc(-c3cnccn3)nc3sc4c(c23)CCCC4)CC1. The Morgan fingerprint density at radius 3 is 2.71 bits per heavy atom. The summed E-state index contributed by atoms with van der Waals surface area (Å²) in [6, 6.07) is 2.26. The number of fused-ring (bicyclic) bond motifs is 3. The molecule has 142 valence electrons. The fourth-order valence-corrected chi connectivity index (χ4v) is 5.37. The third-order valence-electron chi connectivity index (χ3n) is 5.55. The predicted octanol–water partition coefficient (Wildman–Crippen LogP) is 2.67. The van der Waals surface area contributed by atoms with E-state index in [1.807, 2.05) is 11.3 Å². The Kier molecular flexibility index (Phi) is 4.63. The second kappa shape index (κ2) is 7.41. The molecule has 4 heterocycles. The van der Waals surface area contributed by atoms with Crippen molar-refractivity contribution in [2.45, 2.75) is 25.7 Å².